The first-order chi connectivity index (χ1) is 12.9. The molecule has 0 unspecified atom stereocenters. The average molecular weight is 377 g/mol. The molecule has 0 bridgehead atoms. The first-order valence-electron chi connectivity index (χ1n) is 9.47. The van der Waals surface area contributed by atoms with Crippen LogP contribution in [-0.4, -0.2) is 65.8 Å². The topological polar surface area (TPSA) is 62.2 Å². The first-order valence-corrected chi connectivity index (χ1v) is 9.47. The van der Waals surface area contributed by atoms with E-state index in [1.54, 1.807) is 11.0 Å². The predicted molar refractivity (Wildman–Crippen MR) is 99.2 cm³/mol. The van der Waals surface area contributed by atoms with Crippen LogP contribution in [0.5, 0.6) is 0 Å². The van der Waals surface area contributed by atoms with Crippen LogP contribution in [0.25, 0.3) is 10.9 Å². The minimum Gasteiger partial charge on any atom is -0.351 e. The molecule has 1 aromatic carbocycles. The number of fused-ring (bicyclic) bond motifs is 1. The molecule has 0 aliphatic carbocycles. The van der Waals surface area contributed by atoms with E-state index in [4.69, 9.17) is 0 Å². The van der Waals surface area contributed by atoms with Gasteiger partial charge in [0.05, 0.1) is 12.1 Å². The third kappa shape index (κ3) is 3.96. The maximum Gasteiger partial charge on any atom is 0.261 e. The van der Waals surface area contributed by atoms with Gasteiger partial charge in [-0.1, -0.05) is 0 Å². The lowest BCUT2D eigenvalue weighted by Crippen LogP contribution is -2.44. The lowest BCUT2D eigenvalue weighted by atomic mass is 10.0. The van der Waals surface area contributed by atoms with Crippen molar-refractivity contribution in [2.75, 3.05) is 39.3 Å². The number of aryl methyl sites for hydroxylation is 1. The lowest BCUT2D eigenvalue weighted by molar-refractivity contribution is 0.0124. The van der Waals surface area contributed by atoms with Crippen molar-refractivity contribution in [1.82, 2.24) is 25.3 Å². The van der Waals surface area contributed by atoms with Gasteiger partial charge < -0.3 is 10.6 Å². The van der Waals surface area contributed by atoms with Gasteiger partial charge in [0.2, 0.25) is 0 Å². The molecule has 8 heteroatoms. The number of halogens is 2. The lowest BCUT2D eigenvalue weighted by Gasteiger charge is -2.26. The fourth-order valence-electron chi connectivity index (χ4n) is 3.78. The van der Waals surface area contributed by atoms with Gasteiger partial charge >= 0.3 is 0 Å². The smallest absolute Gasteiger partial charge is 0.261 e. The van der Waals surface area contributed by atoms with Crippen molar-refractivity contribution in [3.05, 3.63) is 29.5 Å². The molecule has 27 heavy (non-hydrogen) atoms. The number of carbonyl (C=O) groups is 1. The Morgan fingerprint density at radius 1 is 1.41 bits per heavy atom. The molecule has 2 aromatic rings. The van der Waals surface area contributed by atoms with Crippen molar-refractivity contribution >= 4 is 16.8 Å². The largest absolute Gasteiger partial charge is 0.351 e. The van der Waals surface area contributed by atoms with Gasteiger partial charge in [-0.3, -0.25) is 14.4 Å². The van der Waals surface area contributed by atoms with E-state index in [9.17, 15) is 13.6 Å². The fourth-order valence-corrected chi connectivity index (χ4v) is 3.78. The van der Waals surface area contributed by atoms with Crippen molar-refractivity contribution in [1.29, 1.82) is 0 Å². The number of aromatic nitrogens is 2. The van der Waals surface area contributed by atoms with Gasteiger partial charge in [0.25, 0.3) is 11.8 Å². The summed E-state index contributed by atoms with van der Waals surface area (Å²) in [7, 11) is 0. The molecule has 1 amide bonds. The van der Waals surface area contributed by atoms with E-state index in [2.05, 4.69) is 15.7 Å². The molecule has 146 valence electrons. The van der Waals surface area contributed by atoms with Crippen LogP contribution in [0.1, 0.15) is 22.3 Å². The SMILES string of the molecule is Cc1c(C(=O)NCCN2CCC(F)(F)C2)ccc2nn(CC3CNC3)cc12. The van der Waals surface area contributed by atoms with Crippen molar-refractivity contribution < 1.29 is 13.6 Å². The zero-order valence-corrected chi connectivity index (χ0v) is 15.5. The Kier molecular flexibility index (Phi) is 4.86. The van der Waals surface area contributed by atoms with Gasteiger partial charge in [-0.25, -0.2) is 8.78 Å². The van der Waals surface area contributed by atoms with Crippen LogP contribution in [0.3, 0.4) is 0 Å². The summed E-state index contributed by atoms with van der Waals surface area (Å²) in [5, 5.41) is 11.7. The zero-order valence-electron chi connectivity index (χ0n) is 15.5. The Labute approximate surface area is 156 Å². The second-order valence-corrected chi connectivity index (χ2v) is 7.68. The number of amides is 1. The maximum absolute atomic E-state index is 13.2. The molecule has 3 heterocycles. The molecule has 6 nitrogen and oxygen atoms in total. The normalized spacial score (nSPS) is 20.1. The van der Waals surface area contributed by atoms with E-state index in [0.29, 0.717) is 31.1 Å². The molecule has 2 fully saturated rings. The van der Waals surface area contributed by atoms with Crippen LogP contribution in [0, 0.1) is 12.8 Å². The summed E-state index contributed by atoms with van der Waals surface area (Å²) in [6.07, 6.45) is 1.91. The number of hydrogen-bond acceptors (Lipinski definition) is 4. The molecule has 2 saturated heterocycles. The highest BCUT2D eigenvalue weighted by atomic mass is 19.3. The quantitative estimate of drug-likeness (QED) is 0.803. The molecule has 2 N–H and O–H groups in total. The van der Waals surface area contributed by atoms with E-state index >= 15 is 0 Å². The summed E-state index contributed by atoms with van der Waals surface area (Å²) in [6.45, 7) is 5.80. The summed E-state index contributed by atoms with van der Waals surface area (Å²) in [6, 6.07) is 3.66. The molecular weight excluding hydrogens is 352 g/mol. The molecule has 0 saturated carbocycles. The molecule has 0 radical (unpaired) electrons. The van der Waals surface area contributed by atoms with Crippen molar-refractivity contribution in [3.8, 4) is 0 Å². The van der Waals surface area contributed by atoms with Gasteiger partial charge in [-0.15, -0.1) is 0 Å². The van der Waals surface area contributed by atoms with Gasteiger partial charge in [-0.05, 0) is 24.6 Å². The predicted octanol–water partition coefficient (Wildman–Crippen LogP) is 1.63. The molecule has 2 aliphatic rings. The first kappa shape index (κ1) is 18.3. The van der Waals surface area contributed by atoms with E-state index in [1.165, 1.54) is 0 Å². The van der Waals surface area contributed by atoms with E-state index < -0.39 is 5.92 Å². The monoisotopic (exact) mass is 377 g/mol. The van der Waals surface area contributed by atoms with Gasteiger partial charge in [-0.2, -0.15) is 5.10 Å². The second-order valence-electron chi connectivity index (χ2n) is 7.68. The van der Waals surface area contributed by atoms with Crippen molar-refractivity contribution in [2.45, 2.75) is 25.8 Å². The number of likely N-dealkylation sites (tertiary alicyclic amines) is 1. The average Bonchev–Trinajstić information content (AvgIpc) is 3.14. The summed E-state index contributed by atoms with van der Waals surface area (Å²) in [4.78, 5) is 14.2. The molecule has 0 atom stereocenters. The number of benzene rings is 1. The summed E-state index contributed by atoms with van der Waals surface area (Å²) < 4.78 is 28.4. The van der Waals surface area contributed by atoms with E-state index in [1.807, 2.05) is 23.9 Å². The molecule has 0 spiro atoms. The highest BCUT2D eigenvalue weighted by Crippen LogP contribution is 2.26. The van der Waals surface area contributed by atoms with E-state index in [0.717, 1.165) is 36.1 Å². The number of hydrogen-bond donors (Lipinski definition) is 2. The Morgan fingerprint density at radius 2 is 2.22 bits per heavy atom. The van der Waals surface area contributed by atoms with Crippen LogP contribution >= 0.6 is 0 Å². The van der Waals surface area contributed by atoms with Gasteiger partial charge in [0.15, 0.2) is 0 Å². The minimum atomic E-state index is -2.60. The van der Waals surface area contributed by atoms with E-state index in [-0.39, 0.29) is 18.9 Å². The Hall–Kier alpha value is -2.06. The zero-order chi connectivity index (χ0) is 19.0. The van der Waals surface area contributed by atoms with Crippen LogP contribution < -0.4 is 10.6 Å². The number of alkyl halides is 2. The number of rotatable bonds is 6. The highest BCUT2D eigenvalue weighted by Gasteiger charge is 2.37. The number of nitrogens with one attached hydrogen (secondary N) is 2. The fraction of sp³-hybridized carbons (Fsp3) is 0.579. The van der Waals surface area contributed by atoms with Gasteiger partial charge in [0, 0.05) is 68.8 Å². The van der Waals surface area contributed by atoms with Crippen LogP contribution in [0.15, 0.2) is 18.3 Å². The van der Waals surface area contributed by atoms with Crippen LogP contribution in [0.2, 0.25) is 0 Å². The van der Waals surface area contributed by atoms with Gasteiger partial charge in [0.1, 0.15) is 0 Å². The maximum atomic E-state index is 13.2. The molecular formula is C19H25F2N5O. The third-order valence-electron chi connectivity index (χ3n) is 5.52. The summed E-state index contributed by atoms with van der Waals surface area (Å²) in [5.41, 5.74) is 2.39. The Balaban J connectivity index is 1.38. The summed E-state index contributed by atoms with van der Waals surface area (Å²) in [5.74, 6) is -2.15. The number of nitrogens with zero attached hydrogens (tertiary/aromatic N) is 3. The third-order valence-corrected chi connectivity index (χ3v) is 5.52. The standard InChI is InChI=1S/C19H25F2N5O/c1-13-15(18(27)23-5-7-25-6-4-19(20,21)12-25)2-3-17-16(13)11-26(24-17)10-14-8-22-9-14/h2-3,11,14,22H,4-10,12H2,1H3,(H,23,27). The second kappa shape index (κ2) is 7.16. The van der Waals surface area contributed by atoms with Crippen molar-refractivity contribution in [3.63, 3.8) is 0 Å². The van der Waals surface area contributed by atoms with Crippen molar-refractivity contribution in [2.24, 2.45) is 5.92 Å². The highest BCUT2D eigenvalue weighted by molar-refractivity contribution is 6.00. The molecule has 2 aliphatic heterocycles. The molecule has 4 rings (SSSR count). The van der Waals surface area contributed by atoms with Crippen LogP contribution in [0.4, 0.5) is 8.78 Å². The Morgan fingerprint density at radius 3 is 2.89 bits per heavy atom. The number of carbonyl (C=O) groups excluding carboxylic acids is 1. The Bertz CT molecular complexity index is 846. The summed E-state index contributed by atoms with van der Waals surface area (Å²) >= 11 is 0. The van der Waals surface area contributed by atoms with Crippen LogP contribution in [-0.2, 0) is 6.54 Å². The minimum absolute atomic E-state index is 0.0996. The molecule has 1 aromatic heterocycles.